The molecule has 1 aromatic carbocycles. The first-order chi connectivity index (χ1) is 14.5. The van der Waals surface area contributed by atoms with Gasteiger partial charge >= 0.3 is 0 Å². The predicted octanol–water partition coefficient (Wildman–Crippen LogP) is 2.99. The van der Waals surface area contributed by atoms with Crippen LogP contribution in [0.2, 0.25) is 0 Å². The Bertz CT molecular complexity index is 1140. The first-order valence-electron chi connectivity index (χ1n) is 10.0. The molecule has 9 heteroatoms. The molecule has 2 aromatic heterocycles. The van der Waals surface area contributed by atoms with E-state index in [2.05, 4.69) is 27.9 Å². The Balaban J connectivity index is 1.80. The summed E-state index contributed by atoms with van der Waals surface area (Å²) in [6, 6.07) is 6.82. The SMILES string of the molecule is CCCCc1nc(C)c(C(=O)NNC(=O)c2nn(CCC)c(=O)c3ccccc23)s1. The second-order valence-corrected chi connectivity index (χ2v) is 8.04. The summed E-state index contributed by atoms with van der Waals surface area (Å²) in [6.45, 7) is 6.20. The van der Waals surface area contributed by atoms with Gasteiger partial charge in [-0.05, 0) is 32.3 Å². The Morgan fingerprint density at radius 3 is 2.47 bits per heavy atom. The van der Waals surface area contributed by atoms with Gasteiger partial charge in [0.2, 0.25) is 0 Å². The Kier molecular flexibility index (Phi) is 6.94. The molecule has 2 amide bonds. The van der Waals surface area contributed by atoms with E-state index < -0.39 is 11.8 Å². The second-order valence-electron chi connectivity index (χ2n) is 6.96. The lowest BCUT2D eigenvalue weighted by Gasteiger charge is -2.11. The highest BCUT2D eigenvalue weighted by molar-refractivity contribution is 7.13. The van der Waals surface area contributed by atoms with Crippen molar-refractivity contribution in [2.24, 2.45) is 0 Å². The lowest BCUT2D eigenvalue weighted by atomic mass is 10.1. The number of aromatic nitrogens is 3. The molecular weight excluding hydrogens is 402 g/mol. The maximum atomic E-state index is 12.8. The summed E-state index contributed by atoms with van der Waals surface area (Å²) in [5.41, 5.74) is 5.34. The summed E-state index contributed by atoms with van der Waals surface area (Å²) in [7, 11) is 0. The lowest BCUT2D eigenvalue weighted by molar-refractivity contribution is 0.0845. The van der Waals surface area contributed by atoms with E-state index in [1.807, 2.05) is 6.92 Å². The minimum Gasteiger partial charge on any atom is -0.267 e. The zero-order valence-corrected chi connectivity index (χ0v) is 18.1. The van der Waals surface area contributed by atoms with Gasteiger partial charge in [0.1, 0.15) is 4.88 Å². The third-order valence-corrected chi connectivity index (χ3v) is 5.82. The Morgan fingerprint density at radius 1 is 1.07 bits per heavy atom. The number of fused-ring (bicyclic) bond motifs is 1. The number of hydrogen-bond acceptors (Lipinski definition) is 6. The van der Waals surface area contributed by atoms with Gasteiger partial charge in [0, 0.05) is 11.9 Å². The van der Waals surface area contributed by atoms with Crippen molar-refractivity contribution in [3.63, 3.8) is 0 Å². The molecule has 2 N–H and O–H groups in total. The average molecular weight is 428 g/mol. The number of thiazole rings is 1. The molecule has 0 aliphatic heterocycles. The summed E-state index contributed by atoms with van der Waals surface area (Å²) < 4.78 is 1.28. The topological polar surface area (TPSA) is 106 Å². The van der Waals surface area contributed by atoms with Gasteiger partial charge in [-0.1, -0.05) is 38.5 Å². The van der Waals surface area contributed by atoms with Crippen molar-refractivity contribution in [2.75, 3.05) is 0 Å². The molecule has 0 bridgehead atoms. The van der Waals surface area contributed by atoms with Crippen LogP contribution >= 0.6 is 11.3 Å². The fourth-order valence-electron chi connectivity index (χ4n) is 3.09. The van der Waals surface area contributed by atoms with E-state index in [0.717, 1.165) is 24.3 Å². The standard InChI is InChI=1S/C21H25N5O3S/c1-4-6-11-16-22-13(3)18(30-16)20(28)24-23-19(27)17-14-9-7-8-10-15(14)21(29)26(25-17)12-5-2/h7-10H,4-6,11-12H2,1-3H3,(H,23,27)(H,24,28). The van der Waals surface area contributed by atoms with E-state index in [1.165, 1.54) is 16.0 Å². The van der Waals surface area contributed by atoms with E-state index in [-0.39, 0.29) is 11.3 Å². The number of carbonyl (C=O) groups is 2. The van der Waals surface area contributed by atoms with Gasteiger partial charge in [-0.15, -0.1) is 11.3 Å². The zero-order chi connectivity index (χ0) is 21.7. The molecule has 0 aliphatic rings. The molecule has 0 radical (unpaired) electrons. The molecule has 0 spiro atoms. The number of benzene rings is 1. The van der Waals surface area contributed by atoms with Crippen LogP contribution in [0.3, 0.4) is 0 Å². The third kappa shape index (κ3) is 4.56. The highest BCUT2D eigenvalue weighted by Gasteiger charge is 2.19. The van der Waals surface area contributed by atoms with Crippen LogP contribution < -0.4 is 16.4 Å². The van der Waals surface area contributed by atoms with Crippen molar-refractivity contribution >= 4 is 33.9 Å². The van der Waals surface area contributed by atoms with Crippen molar-refractivity contribution < 1.29 is 9.59 Å². The maximum absolute atomic E-state index is 12.8. The van der Waals surface area contributed by atoms with Gasteiger partial charge in [0.05, 0.1) is 16.1 Å². The lowest BCUT2D eigenvalue weighted by Crippen LogP contribution is -2.42. The van der Waals surface area contributed by atoms with Gasteiger partial charge in [-0.25, -0.2) is 9.67 Å². The summed E-state index contributed by atoms with van der Waals surface area (Å²) in [4.78, 5) is 42.8. The molecule has 30 heavy (non-hydrogen) atoms. The molecule has 0 saturated carbocycles. The average Bonchev–Trinajstić information content (AvgIpc) is 3.13. The number of carbonyl (C=O) groups excluding carboxylic acids is 2. The smallest absolute Gasteiger partial charge is 0.267 e. The van der Waals surface area contributed by atoms with E-state index in [0.29, 0.717) is 34.3 Å². The molecule has 0 saturated heterocycles. The minimum atomic E-state index is -0.585. The minimum absolute atomic E-state index is 0.0867. The first kappa shape index (κ1) is 21.6. The van der Waals surface area contributed by atoms with Gasteiger partial charge in [-0.3, -0.25) is 25.2 Å². The highest BCUT2D eigenvalue weighted by atomic mass is 32.1. The molecule has 0 atom stereocenters. The van der Waals surface area contributed by atoms with Crippen molar-refractivity contribution in [2.45, 2.75) is 53.0 Å². The second kappa shape index (κ2) is 9.62. The summed E-state index contributed by atoms with van der Waals surface area (Å²) in [5.74, 6) is -1.01. The Hall–Kier alpha value is -3.07. The monoisotopic (exact) mass is 427 g/mol. The quantitative estimate of drug-likeness (QED) is 0.564. The fraction of sp³-hybridized carbons (Fsp3) is 0.381. The number of nitrogens with one attached hydrogen (secondary N) is 2. The molecule has 2 heterocycles. The van der Waals surface area contributed by atoms with Crippen molar-refractivity contribution in [3.05, 3.63) is 55.9 Å². The summed E-state index contributed by atoms with van der Waals surface area (Å²) in [5, 5.41) is 5.99. The van der Waals surface area contributed by atoms with Crippen LogP contribution in [0.4, 0.5) is 0 Å². The van der Waals surface area contributed by atoms with Crippen LogP contribution in [0.15, 0.2) is 29.1 Å². The van der Waals surface area contributed by atoms with Gasteiger partial charge < -0.3 is 0 Å². The maximum Gasteiger partial charge on any atom is 0.290 e. The summed E-state index contributed by atoms with van der Waals surface area (Å²) >= 11 is 1.33. The van der Waals surface area contributed by atoms with Crippen molar-refractivity contribution in [3.8, 4) is 0 Å². The van der Waals surface area contributed by atoms with Gasteiger partial charge in [-0.2, -0.15) is 5.10 Å². The number of rotatable bonds is 7. The fourth-order valence-corrected chi connectivity index (χ4v) is 4.10. The van der Waals surface area contributed by atoms with Crippen LogP contribution in [0.1, 0.15) is 64.0 Å². The molecular formula is C21H25N5O3S. The normalized spacial score (nSPS) is 10.9. The number of aryl methyl sites for hydroxylation is 3. The Morgan fingerprint density at radius 2 is 1.77 bits per heavy atom. The van der Waals surface area contributed by atoms with Gasteiger partial charge in [0.15, 0.2) is 5.69 Å². The first-order valence-corrected chi connectivity index (χ1v) is 10.8. The van der Waals surface area contributed by atoms with Crippen LogP contribution in [-0.2, 0) is 13.0 Å². The zero-order valence-electron chi connectivity index (χ0n) is 17.3. The molecule has 8 nitrogen and oxygen atoms in total. The number of unbranched alkanes of at least 4 members (excludes halogenated alkanes) is 1. The molecule has 0 unspecified atom stereocenters. The van der Waals surface area contributed by atoms with Crippen LogP contribution in [-0.4, -0.2) is 26.6 Å². The number of amides is 2. The van der Waals surface area contributed by atoms with E-state index in [9.17, 15) is 14.4 Å². The van der Waals surface area contributed by atoms with Crippen LogP contribution in [0.5, 0.6) is 0 Å². The number of hydrogen-bond donors (Lipinski definition) is 2. The largest absolute Gasteiger partial charge is 0.290 e. The Labute approximate surface area is 178 Å². The predicted molar refractivity (Wildman–Crippen MR) is 117 cm³/mol. The van der Waals surface area contributed by atoms with Crippen molar-refractivity contribution in [1.82, 2.24) is 25.6 Å². The highest BCUT2D eigenvalue weighted by Crippen LogP contribution is 2.19. The van der Waals surface area contributed by atoms with E-state index >= 15 is 0 Å². The molecule has 0 fully saturated rings. The molecule has 158 valence electrons. The van der Waals surface area contributed by atoms with E-state index in [4.69, 9.17) is 0 Å². The molecule has 3 rings (SSSR count). The van der Waals surface area contributed by atoms with Gasteiger partial charge in [0.25, 0.3) is 17.4 Å². The van der Waals surface area contributed by atoms with Crippen LogP contribution in [0, 0.1) is 6.92 Å². The molecule has 3 aromatic rings. The number of nitrogens with zero attached hydrogens (tertiary/aromatic N) is 3. The van der Waals surface area contributed by atoms with Crippen LogP contribution in [0.25, 0.3) is 10.8 Å². The summed E-state index contributed by atoms with van der Waals surface area (Å²) in [6.07, 6.45) is 3.60. The molecule has 0 aliphatic carbocycles. The number of hydrazine groups is 1. The van der Waals surface area contributed by atoms with Crippen molar-refractivity contribution in [1.29, 1.82) is 0 Å². The third-order valence-electron chi connectivity index (χ3n) is 4.60. The van der Waals surface area contributed by atoms with E-state index in [1.54, 1.807) is 31.2 Å².